The zero-order chi connectivity index (χ0) is 17.2. The molecule has 0 spiro atoms. The first-order chi connectivity index (χ1) is 12.3. The molecule has 2 aliphatic heterocycles. The van der Waals surface area contributed by atoms with Crippen LogP contribution in [0.2, 0.25) is 0 Å². The molecule has 2 aliphatic rings. The SMILES string of the molecule is O=C(c1ccc2c(c1)OCO2)N1CCC(c2ccccc2CO)CC1. The van der Waals surface area contributed by atoms with Crippen molar-refractivity contribution in [2.75, 3.05) is 19.9 Å². The van der Waals surface area contributed by atoms with Gasteiger partial charge < -0.3 is 19.5 Å². The van der Waals surface area contributed by atoms with Crippen molar-refractivity contribution >= 4 is 5.91 Å². The minimum Gasteiger partial charge on any atom is -0.454 e. The van der Waals surface area contributed by atoms with Crippen LogP contribution in [0.3, 0.4) is 0 Å². The fraction of sp³-hybridized carbons (Fsp3) is 0.350. The van der Waals surface area contributed by atoms with Crippen molar-refractivity contribution in [2.45, 2.75) is 25.4 Å². The number of piperidine rings is 1. The Bertz CT molecular complexity index is 781. The number of fused-ring (bicyclic) bond motifs is 1. The topological polar surface area (TPSA) is 59.0 Å². The summed E-state index contributed by atoms with van der Waals surface area (Å²) >= 11 is 0. The molecular formula is C20H21NO4. The number of rotatable bonds is 3. The van der Waals surface area contributed by atoms with Gasteiger partial charge in [-0.05, 0) is 48.1 Å². The summed E-state index contributed by atoms with van der Waals surface area (Å²) < 4.78 is 10.7. The van der Waals surface area contributed by atoms with E-state index in [9.17, 15) is 9.90 Å². The van der Waals surface area contributed by atoms with Crippen LogP contribution >= 0.6 is 0 Å². The average molecular weight is 339 g/mol. The molecule has 25 heavy (non-hydrogen) atoms. The van der Waals surface area contributed by atoms with Crippen molar-refractivity contribution in [2.24, 2.45) is 0 Å². The lowest BCUT2D eigenvalue weighted by molar-refractivity contribution is 0.0712. The third-order valence-electron chi connectivity index (χ3n) is 5.07. The van der Waals surface area contributed by atoms with E-state index in [4.69, 9.17) is 9.47 Å². The quantitative estimate of drug-likeness (QED) is 0.934. The fourth-order valence-corrected chi connectivity index (χ4v) is 3.68. The highest BCUT2D eigenvalue weighted by Gasteiger charge is 2.26. The molecule has 0 atom stereocenters. The van der Waals surface area contributed by atoms with Gasteiger partial charge in [-0.25, -0.2) is 0 Å². The largest absolute Gasteiger partial charge is 0.454 e. The van der Waals surface area contributed by atoms with Gasteiger partial charge in [-0.3, -0.25) is 4.79 Å². The number of benzene rings is 2. The Balaban J connectivity index is 1.44. The summed E-state index contributed by atoms with van der Waals surface area (Å²) in [6.07, 6.45) is 1.82. The lowest BCUT2D eigenvalue weighted by Crippen LogP contribution is -2.38. The molecule has 1 fully saturated rings. The third kappa shape index (κ3) is 3.07. The minimum atomic E-state index is 0.0344. The number of hydrogen-bond donors (Lipinski definition) is 1. The summed E-state index contributed by atoms with van der Waals surface area (Å²) in [5, 5.41) is 9.53. The highest BCUT2D eigenvalue weighted by molar-refractivity contribution is 5.95. The van der Waals surface area contributed by atoms with E-state index in [-0.39, 0.29) is 19.3 Å². The maximum atomic E-state index is 12.8. The van der Waals surface area contributed by atoms with Gasteiger partial charge in [-0.15, -0.1) is 0 Å². The van der Waals surface area contributed by atoms with Crippen LogP contribution in [0.5, 0.6) is 11.5 Å². The first-order valence-corrected chi connectivity index (χ1v) is 8.64. The molecule has 0 unspecified atom stereocenters. The van der Waals surface area contributed by atoms with Crippen LogP contribution in [-0.2, 0) is 6.61 Å². The summed E-state index contributed by atoms with van der Waals surface area (Å²) in [6, 6.07) is 13.4. The van der Waals surface area contributed by atoms with Gasteiger partial charge in [0.25, 0.3) is 5.91 Å². The first-order valence-electron chi connectivity index (χ1n) is 8.64. The zero-order valence-corrected chi connectivity index (χ0v) is 14.0. The second-order valence-corrected chi connectivity index (χ2v) is 6.49. The van der Waals surface area contributed by atoms with Gasteiger partial charge in [-0.1, -0.05) is 24.3 Å². The number of likely N-dealkylation sites (tertiary alicyclic amines) is 1. The van der Waals surface area contributed by atoms with E-state index in [1.54, 1.807) is 18.2 Å². The summed E-state index contributed by atoms with van der Waals surface area (Å²) in [5.74, 6) is 1.75. The van der Waals surface area contributed by atoms with E-state index in [0.717, 1.165) is 31.5 Å². The number of amides is 1. The zero-order valence-electron chi connectivity index (χ0n) is 14.0. The number of carbonyl (C=O) groups is 1. The molecule has 1 amide bonds. The minimum absolute atomic E-state index is 0.0344. The number of nitrogens with zero attached hydrogens (tertiary/aromatic N) is 1. The van der Waals surface area contributed by atoms with Crippen LogP contribution in [0.1, 0.15) is 40.2 Å². The Morgan fingerprint density at radius 3 is 2.64 bits per heavy atom. The molecule has 5 nitrogen and oxygen atoms in total. The van der Waals surface area contributed by atoms with Crippen molar-refractivity contribution in [1.29, 1.82) is 0 Å². The Hall–Kier alpha value is -2.53. The Morgan fingerprint density at radius 1 is 1.08 bits per heavy atom. The fourth-order valence-electron chi connectivity index (χ4n) is 3.68. The van der Waals surface area contributed by atoms with Crippen molar-refractivity contribution in [1.82, 2.24) is 4.90 Å². The van der Waals surface area contributed by atoms with E-state index in [1.165, 1.54) is 5.56 Å². The summed E-state index contributed by atoms with van der Waals surface area (Å²) in [4.78, 5) is 14.7. The Kier molecular flexibility index (Phi) is 4.32. The number of aliphatic hydroxyl groups excluding tert-OH is 1. The number of ether oxygens (including phenoxy) is 2. The van der Waals surface area contributed by atoms with Gasteiger partial charge in [0.15, 0.2) is 11.5 Å². The summed E-state index contributed by atoms with van der Waals surface area (Å²) in [6.45, 7) is 1.71. The summed E-state index contributed by atoms with van der Waals surface area (Å²) in [5.41, 5.74) is 2.83. The molecule has 130 valence electrons. The second kappa shape index (κ2) is 6.76. The smallest absolute Gasteiger partial charge is 0.253 e. The second-order valence-electron chi connectivity index (χ2n) is 6.49. The van der Waals surface area contributed by atoms with Crippen LogP contribution in [-0.4, -0.2) is 35.8 Å². The first kappa shape index (κ1) is 16.0. The van der Waals surface area contributed by atoms with Crippen molar-refractivity contribution in [3.63, 3.8) is 0 Å². The lowest BCUT2D eigenvalue weighted by atomic mass is 9.86. The van der Waals surface area contributed by atoms with Crippen molar-refractivity contribution < 1.29 is 19.4 Å². The summed E-state index contributed by atoms with van der Waals surface area (Å²) in [7, 11) is 0. The Morgan fingerprint density at radius 2 is 1.84 bits per heavy atom. The lowest BCUT2D eigenvalue weighted by Gasteiger charge is -2.33. The van der Waals surface area contributed by atoms with Crippen molar-refractivity contribution in [3.05, 3.63) is 59.2 Å². The molecule has 0 radical (unpaired) electrons. The molecule has 2 aromatic rings. The predicted molar refractivity (Wildman–Crippen MR) is 92.8 cm³/mol. The van der Waals surface area contributed by atoms with Gasteiger partial charge in [0.1, 0.15) is 0 Å². The number of hydrogen-bond acceptors (Lipinski definition) is 4. The molecule has 0 aromatic heterocycles. The van der Waals surface area contributed by atoms with Crippen LogP contribution in [0, 0.1) is 0 Å². The molecule has 1 N–H and O–H groups in total. The van der Waals surface area contributed by atoms with Crippen LogP contribution in [0.15, 0.2) is 42.5 Å². The molecular weight excluding hydrogens is 318 g/mol. The van der Waals surface area contributed by atoms with E-state index in [2.05, 4.69) is 6.07 Å². The third-order valence-corrected chi connectivity index (χ3v) is 5.07. The molecule has 2 aromatic carbocycles. The predicted octanol–water partition coefficient (Wildman–Crippen LogP) is 2.93. The van der Waals surface area contributed by atoms with E-state index >= 15 is 0 Å². The molecule has 0 bridgehead atoms. The molecule has 4 rings (SSSR count). The highest BCUT2D eigenvalue weighted by atomic mass is 16.7. The molecule has 5 heteroatoms. The molecule has 1 saturated heterocycles. The maximum Gasteiger partial charge on any atom is 0.253 e. The van der Waals surface area contributed by atoms with Gasteiger partial charge >= 0.3 is 0 Å². The molecule has 2 heterocycles. The van der Waals surface area contributed by atoms with Crippen molar-refractivity contribution in [3.8, 4) is 11.5 Å². The van der Waals surface area contributed by atoms with E-state index in [0.29, 0.717) is 23.0 Å². The van der Waals surface area contributed by atoms with Crippen LogP contribution < -0.4 is 9.47 Å². The van der Waals surface area contributed by atoms with Gasteiger partial charge in [0, 0.05) is 18.7 Å². The Labute approximate surface area is 146 Å². The van der Waals surface area contributed by atoms with Gasteiger partial charge in [-0.2, -0.15) is 0 Å². The van der Waals surface area contributed by atoms with E-state index < -0.39 is 0 Å². The van der Waals surface area contributed by atoms with Crippen LogP contribution in [0.4, 0.5) is 0 Å². The normalized spacial score (nSPS) is 16.9. The standard InChI is InChI=1S/C20H21NO4/c22-12-16-3-1-2-4-17(16)14-7-9-21(10-8-14)20(23)15-5-6-18-19(11-15)25-13-24-18/h1-6,11,14,22H,7-10,12-13H2. The highest BCUT2D eigenvalue weighted by Crippen LogP contribution is 2.34. The number of aliphatic hydroxyl groups is 1. The van der Waals surface area contributed by atoms with Crippen LogP contribution in [0.25, 0.3) is 0 Å². The average Bonchev–Trinajstić information content (AvgIpc) is 3.15. The van der Waals surface area contributed by atoms with Gasteiger partial charge in [0.05, 0.1) is 6.61 Å². The molecule has 0 aliphatic carbocycles. The molecule has 0 saturated carbocycles. The maximum absolute atomic E-state index is 12.8. The number of carbonyl (C=O) groups excluding carboxylic acids is 1. The van der Waals surface area contributed by atoms with E-state index in [1.807, 2.05) is 23.1 Å². The van der Waals surface area contributed by atoms with Gasteiger partial charge in [0.2, 0.25) is 6.79 Å². The monoisotopic (exact) mass is 339 g/mol.